The molecule has 2 rings (SSSR count). The predicted octanol–water partition coefficient (Wildman–Crippen LogP) is 1.70. The van der Waals surface area contributed by atoms with Crippen molar-refractivity contribution in [3.8, 4) is 0 Å². The van der Waals surface area contributed by atoms with E-state index in [9.17, 15) is 9.59 Å². The third-order valence-electron chi connectivity index (χ3n) is 3.20. The van der Waals surface area contributed by atoms with Gasteiger partial charge >= 0.3 is 12.1 Å². The Kier molecular flexibility index (Phi) is 2.54. The maximum atomic E-state index is 11.2. The van der Waals surface area contributed by atoms with Gasteiger partial charge in [-0.3, -0.25) is 4.79 Å². The quantitative estimate of drug-likeness (QED) is 0.672. The fraction of sp³-hybridized carbons (Fsp3) is 0.800. The minimum absolute atomic E-state index is 0.0618. The monoisotopic (exact) mass is 214 g/mol. The average molecular weight is 214 g/mol. The zero-order valence-electron chi connectivity index (χ0n) is 8.40. The van der Waals surface area contributed by atoms with E-state index in [1.165, 1.54) is 0 Å². The van der Waals surface area contributed by atoms with E-state index in [0.29, 0.717) is 0 Å². The molecule has 0 bridgehead atoms. The number of carbonyl (C=O) groups excluding carboxylic acids is 1. The first-order valence-electron chi connectivity index (χ1n) is 5.24. The normalized spacial score (nSPS) is 28.8. The summed E-state index contributed by atoms with van der Waals surface area (Å²) < 4.78 is 10.0. The molecule has 1 saturated heterocycles. The first kappa shape index (κ1) is 10.3. The maximum Gasteiger partial charge on any atom is 0.506 e. The Hall–Kier alpha value is -1.26. The Morgan fingerprint density at radius 2 is 2.07 bits per heavy atom. The molecule has 15 heavy (non-hydrogen) atoms. The molecule has 0 radical (unpaired) electrons. The van der Waals surface area contributed by atoms with Gasteiger partial charge < -0.3 is 14.6 Å². The molecular weight excluding hydrogens is 200 g/mol. The highest BCUT2D eigenvalue weighted by atomic mass is 16.7. The van der Waals surface area contributed by atoms with Gasteiger partial charge in [0.15, 0.2) is 6.10 Å². The van der Waals surface area contributed by atoms with Crippen molar-refractivity contribution in [1.29, 1.82) is 0 Å². The molecule has 0 aromatic heterocycles. The molecule has 1 aliphatic heterocycles. The molecule has 5 heteroatoms. The lowest BCUT2D eigenvalue weighted by Gasteiger charge is -2.35. The van der Waals surface area contributed by atoms with Crippen LogP contribution in [-0.2, 0) is 14.3 Å². The van der Waals surface area contributed by atoms with Crippen molar-refractivity contribution >= 4 is 12.1 Å². The molecule has 1 unspecified atom stereocenters. The SMILES string of the molecule is O=C(O)OC1CC(=O)OC12CCCCC2. The first-order chi connectivity index (χ1) is 7.12. The van der Waals surface area contributed by atoms with Gasteiger partial charge in [0.05, 0.1) is 6.42 Å². The van der Waals surface area contributed by atoms with Gasteiger partial charge in [0.25, 0.3) is 0 Å². The summed E-state index contributed by atoms with van der Waals surface area (Å²) in [6.45, 7) is 0. The largest absolute Gasteiger partial charge is 0.506 e. The number of carbonyl (C=O) groups is 2. The summed E-state index contributed by atoms with van der Waals surface area (Å²) in [6.07, 6.45) is 2.60. The fourth-order valence-corrected chi connectivity index (χ4v) is 2.52. The average Bonchev–Trinajstić information content (AvgIpc) is 2.43. The molecule has 0 aromatic rings. The smallest absolute Gasteiger partial charge is 0.455 e. The van der Waals surface area contributed by atoms with Crippen LogP contribution < -0.4 is 0 Å². The van der Waals surface area contributed by atoms with E-state index >= 15 is 0 Å². The number of esters is 1. The van der Waals surface area contributed by atoms with Crippen molar-refractivity contribution in [3.63, 3.8) is 0 Å². The van der Waals surface area contributed by atoms with E-state index in [1.807, 2.05) is 0 Å². The van der Waals surface area contributed by atoms with E-state index in [2.05, 4.69) is 0 Å². The lowest BCUT2D eigenvalue weighted by molar-refractivity contribution is -0.155. The van der Waals surface area contributed by atoms with Crippen molar-refractivity contribution < 1.29 is 24.2 Å². The van der Waals surface area contributed by atoms with Crippen molar-refractivity contribution in [1.82, 2.24) is 0 Å². The summed E-state index contributed by atoms with van der Waals surface area (Å²) in [4.78, 5) is 21.7. The molecule has 1 aliphatic carbocycles. The number of carboxylic acid groups (broad SMARTS) is 1. The van der Waals surface area contributed by atoms with Crippen LogP contribution in [0.15, 0.2) is 0 Å². The number of ether oxygens (including phenoxy) is 2. The molecule has 84 valence electrons. The highest BCUT2D eigenvalue weighted by Gasteiger charge is 2.51. The van der Waals surface area contributed by atoms with Gasteiger partial charge in [0.1, 0.15) is 5.60 Å². The Labute approximate surface area is 87.4 Å². The summed E-state index contributed by atoms with van der Waals surface area (Å²) in [5, 5.41) is 8.59. The lowest BCUT2D eigenvalue weighted by Crippen LogP contribution is -2.43. The number of hydrogen-bond acceptors (Lipinski definition) is 4. The van der Waals surface area contributed by atoms with Crippen LogP contribution in [0.2, 0.25) is 0 Å². The second-order valence-electron chi connectivity index (χ2n) is 4.18. The van der Waals surface area contributed by atoms with E-state index in [1.54, 1.807) is 0 Å². The highest BCUT2D eigenvalue weighted by molar-refractivity contribution is 5.74. The minimum atomic E-state index is -1.33. The predicted molar refractivity (Wildman–Crippen MR) is 49.4 cm³/mol. The van der Waals surface area contributed by atoms with Crippen LogP contribution >= 0.6 is 0 Å². The van der Waals surface area contributed by atoms with Crippen LogP contribution in [0.5, 0.6) is 0 Å². The second-order valence-corrected chi connectivity index (χ2v) is 4.18. The Balaban J connectivity index is 2.12. The van der Waals surface area contributed by atoms with Crippen molar-refractivity contribution in [3.05, 3.63) is 0 Å². The van der Waals surface area contributed by atoms with Crippen LogP contribution in [0.25, 0.3) is 0 Å². The Bertz CT molecular complexity index is 280. The van der Waals surface area contributed by atoms with E-state index in [0.717, 1.165) is 32.1 Å². The first-order valence-corrected chi connectivity index (χ1v) is 5.24. The van der Waals surface area contributed by atoms with Gasteiger partial charge in [-0.15, -0.1) is 0 Å². The Morgan fingerprint density at radius 1 is 1.40 bits per heavy atom. The number of hydrogen-bond donors (Lipinski definition) is 1. The molecule has 1 heterocycles. The van der Waals surface area contributed by atoms with Crippen molar-refractivity contribution in [2.24, 2.45) is 0 Å². The van der Waals surface area contributed by atoms with Gasteiger partial charge in [0.2, 0.25) is 0 Å². The summed E-state index contributed by atoms with van der Waals surface area (Å²) >= 11 is 0. The van der Waals surface area contributed by atoms with Gasteiger partial charge in [-0.05, 0) is 25.7 Å². The maximum absolute atomic E-state index is 11.2. The standard InChI is InChI=1S/C10H14O5/c11-8-6-7(14-9(12)13)10(15-8)4-2-1-3-5-10/h7H,1-6H2,(H,12,13). The molecule has 1 spiro atoms. The molecule has 1 saturated carbocycles. The molecular formula is C10H14O5. The fourth-order valence-electron chi connectivity index (χ4n) is 2.52. The van der Waals surface area contributed by atoms with E-state index in [-0.39, 0.29) is 12.4 Å². The lowest BCUT2D eigenvalue weighted by atomic mass is 9.81. The van der Waals surface area contributed by atoms with Crippen LogP contribution in [0.3, 0.4) is 0 Å². The van der Waals surface area contributed by atoms with Crippen molar-refractivity contribution in [2.75, 3.05) is 0 Å². The molecule has 1 atom stereocenters. The third-order valence-corrected chi connectivity index (χ3v) is 3.20. The summed E-state index contributed by atoms with van der Waals surface area (Å²) in [6, 6.07) is 0. The molecule has 5 nitrogen and oxygen atoms in total. The van der Waals surface area contributed by atoms with Gasteiger partial charge in [-0.2, -0.15) is 0 Å². The molecule has 0 amide bonds. The molecule has 2 aliphatic rings. The molecule has 2 fully saturated rings. The molecule has 0 aromatic carbocycles. The Morgan fingerprint density at radius 3 is 2.67 bits per heavy atom. The van der Waals surface area contributed by atoms with Gasteiger partial charge in [0, 0.05) is 0 Å². The highest BCUT2D eigenvalue weighted by Crippen LogP contribution is 2.41. The van der Waals surface area contributed by atoms with Crippen LogP contribution in [-0.4, -0.2) is 28.9 Å². The van der Waals surface area contributed by atoms with Crippen LogP contribution in [0.4, 0.5) is 4.79 Å². The van der Waals surface area contributed by atoms with E-state index in [4.69, 9.17) is 14.6 Å². The van der Waals surface area contributed by atoms with Gasteiger partial charge in [-0.1, -0.05) is 6.42 Å². The topological polar surface area (TPSA) is 72.8 Å². The third kappa shape index (κ3) is 1.91. The second kappa shape index (κ2) is 3.72. The minimum Gasteiger partial charge on any atom is -0.455 e. The summed E-state index contributed by atoms with van der Waals surface area (Å²) in [7, 11) is 0. The zero-order chi connectivity index (χ0) is 10.9. The van der Waals surface area contributed by atoms with Gasteiger partial charge in [-0.25, -0.2) is 4.79 Å². The van der Waals surface area contributed by atoms with Crippen LogP contribution in [0, 0.1) is 0 Å². The van der Waals surface area contributed by atoms with Crippen molar-refractivity contribution in [2.45, 2.75) is 50.2 Å². The summed E-state index contributed by atoms with van der Waals surface area (Å²) in [5.74, 6) is -0.344. The summed E-state index contributed by atoms with van der Waals surface area (Å²) in [5.41, 5.74) is -0.659. The molecule has 1 N–H and O–H groups in total. The van der Waals surface area contributed by atoms with E-state index < -0.39 is 17.9 Å². The number of rotatable bonds is 1. The zero-order valence-corrected chi connectivity index (χ0v) is 8.40. The van der Waals surface area contributed by atoms with Crippen LogP contribution in [0.1, 0.15) is 38.5 Å².